The van der Waals surface area contributed by atoms with Gasteiger partial charge in [0.2, 0.25) is 5.91 Å². The van der Waals surface area contributed by atoms with E-state index in [2.05, 4.69) is 54.1 Å². The fraction of sp³-hybridized carbons (Fsp3) is 0.528. The number of aromatic amines is 1. The minimum Gasteiger partial charge on any atom is -0.497 e. The standard InChI is InChI=1S/C36H47Br2N7O4/c1-42-13-7-24(8-14-42)25-9-15-43(16-10-25)34(46)31(21-23-19-29(37)33(39)30(38)20-23)40-35(47)44-17-11-27(12-18-44)45-22-32(41-36(45)48)26-3-5-28(49-2)6-4-26/h3-6,19-20,22,24-25,27,31H,7-18,21,39H2,1-2H3,(H,40,47)(H,41,48)/t31-/m0/s1. The van der Waals surface area contributed by atoms with E-state index >= 15 is 0 Å². The van der Waals surface area contributed by atoms with E-state index < -0.39 is 6.04 Å². The maximum absolute atomic E-state index is 14.1. The summed E-state index contributed by atoms with van der Waals surface area (Å²) >= 11 is 7.06. The number of carbonyl (C=O) groups is 2. The minimum atomic E-state index is -0.716. The van der Waals surface area contributed by atoms with Crippen LogP contribution in [0.25, 0.3) is 11.3 Å². The normalized spacial score (nSPS) is 19.2. The van der Waals surface area contributed by atoms with Crippen LogP contribution in [0.5, 0.6) is 5.75 Å². The van der Waals surface area contributed by atoms with Crippen LogP contribution in [0.1, 0.15) is 50.1 Å². The third-order valence-electron chi connectivity index (χ3n) is 10.7. The molecule has 4 N–H and O–H groups in total. The number of carbonyl (C=O) groups excluding carboxylic acids is 2. The van der Waals surface area contributed by atoms with Gasteiger partial charge in [-0.05, 0) is 150 Å². The number of H-pyrrole nitrogens is 1. The number of imidazole rings is 1. The number of hydrogen-bond donors (Lipinski definition) is 3. The van der Waals surface area contributed by atoms with Crippen LogP contribution in [-0.2, 0) is 11.2 Å². The third kappa shape index (κ3) is 8.37. The Kier molecular flexibility index (Phi) is 11.4. The summed E-state index contributed by atoms with van der Waals surface area (Å²) in [6.07, 6.45) is 7.94. The maximum Gasteiger partial charge on any atom is 0.326 e. The Morgan fingerprint density at radius 3 is 2.08 bits per heavy atom. The topological polar surface area (TPSA) is 129 Å². The van der Waals surface area contributed by atoms with Crippen molar-refractivity contribution in [3.8, 4) is 17.0 Å². The van der Waals surface area contributed by atoms with Crippen LogP contribution >= 0.6 is 31.9 Å². The van der Waals surface area contributed by atoms with Gasteiger partial charge in [0.05, 0.1) is 18.5 Å². The molecule has 0 aliphatic carbocycles. The molecule has 13 heteroatoms. The van der Waals surface area contributed by atoms with Crippen molar-refractivity contribution >= 4 is 49.5 Å². The van der Waals surface area contributed by atoms with Crippen LogP contribution in [0.2, 0.25) is 0 Å². The Balaban J connectivity index is 1.10. The lowest BCUT2D eigenvalue weighted by Crippen LogP contribution is -2.55. The SMILES string of the molecule is COc1ccc(-c2cn(C3CCN(C(=O)N[C@@H](Cc4cc(Br)c(N)c(Br)c4)C(=O)N4CCC(C5CCN(C)CC5)CC4)CC3)c(=O)[nH]2)cc1. The molecule has 0 unspecified atom stereocenters. The summed E-state index contributed by atoms with van der Waals surface area (Å²) in [7, 11) is 3.81. The predicted octanol–water partition coefficient (Wildman–Crippen LogP) is 5.50. The smallest absolute Gasteiger partial charge is 0.326 e. The van der Waals surface area contributed by atoms with E-state index in [1.54, 1.807) is 16.6 Å². The van der Waals surface area contributed by atoms with Gasteiger partial charge in [-0.2, -0.15) is 0 Å². The van der Waals surface area contributed by atoms with Crippen LogP contribution in [0.15, 0.2) is 56.3 Å². The molecule has 3 aromatic rings. The van der Waals surface area contributed by atoms with Gasteiger partial charge in [-0.15, -0.1) is 0 Å². The zero-order chi connectivity index (χ0) is 34.7. The molecule has 2 aromatic carbocycles. The van der Waals surface area contributed by atoms with Crippen molar-refractivity contribution in [3.63, 3.8) is 0 Å². The summed E-state index contributed by atoms with van der Waals surface area (Å²) in [5, 5.41) is 3.11. The number of nitrogens with two attached hydrogens (primary N) is 1. The number of benzene rings is 2. The Morgan fingerprint density at radius 1 is 0.918 bits per heavy atom. The highest BCUT2D eigenvalue weighted by atomic mass is 79.9. The van der Waals surface area contributed by atoms with Crippen molar-refractivity contribution in [2.75, 3.05) is 59.2 Å². The van der Waals surface area contributed by atoms with Crippen molar-refractivity contribution in [2.24, 2.45) is 11.8 Å². The molecular weight excluding hydrogens is 754 g/mol. The number of likely N-dealkylation sites (tertiary alicyclic amines) is 3. The average molecular weight is 802 g/mol. The summed E-state index contributed by atoms with van der Waals surface area (Å²) in [6.45, 7) is 4.68. The number of nitrogens with zero attached hydrogens (tertiary/aromatic N) is 4. The fourth-order valence-electron chi connectivity index (χ4n) is 7.69. The van der Waals surface area contributed by atoms with Crippen molar-refractivity contribution in [1.29, 1.82) is 0 Å². The van der Waals surface area contributed by atoms with E-state index in [0.29, 0.717) is 57.0 Å². The fourth-order valence-corrected chi connectivity index (χ4v) is 8.97. The predicted molar refractivity (Wildman–Crippen MR) is 199 cm³/mol. The van der Waals surface area contributed by atoms with E-state index in [-0.39, 0.29) is 23.7 Å². The van der Waals surface area contributed by atoms with Crippen LogP contribution in [0.4, 0.5) is 10.5 Å². The molecule has 49 heavy (non-hydrogen) atoms. The van der Waals surface area contributed by atoms with Gasteiger partial charge in [0.25, 0.3) is 0 Å². The van der Waals surface area contributed by atoms with Gasteiger partial charge in [-0.25, -0.2) is 9.59 Å². The first kappa shape index (κ1) is 35.5. The molecule has 3 aliphatic rings. The quantitative estimate of drug-likeness (QED) is 0.259. The van der Waals surface area contributed by atoms with Gasteiger partial charge < -0.3 is 35.5 Å². The van der Waals surface area contributed by atoms with Gasteiger partial charge in [0.1, 0.15) is 11.8 Å². The first-order valence-corrected chi connectivity index (χ1v) is 18.9. The van der Waals surface area contributed by atoms with Gasteiger partial charge in [0, 0.05) is 53.8 Å². The molecule has 264 valence electrons. The van der Waals surface area contributed by atoms with Crippen LogP contribution in [0, 0.1) is 11.8 Å². The number of hydrogen-bond acceptors (Lipinski definition) is 6. The molecule has 3 amide bonds. The summed E-state index contributed by atoms with van der Waals surface area (Å²) in [5.41, 5.74) is 9.10. The monoisotopic (exact) mass is 799 g/mol. The molecule has 1 atom stereocenters. The first-order valence-electron chi connectivity index (χ1n) is 17.3. The van der Waals surface area contributed by atoms with Crippen molar-refractivity contribution in [3.05, 3.63) is 67.6 Å². The van der Waals surface area contributed by atoms with Crippen LogP contribution in [-0.4, -0.2) is 95.7 Å². The Morgan fingerprint density at radius 2 is 1.49 bits per heavy atom. The Labute approximate surface area is 304 Å². The molecule has 1 aromatic heterocycles. The second kappa shape index (κ2) is 15.7. The molecule has 0 spiro atoms. The summed E-state index contributed by atoms with van der Waals surface area (Å²) in [5.74, 6) is 2.09. The highest BCUT2D eigenvalue weighted by molar-refractivity contribution is 9.11. The van der Waals surface area contributed by atoms with E-state index in [1.807, 2.05) is 47.5 Å². The Hall–Kier alpha value is -3.29. The molecule has 6 rings (SSSR count). The van der Waals surface area contributed by atoms with Crippen molar-refractivity contribution in [2.45, 2.75) is 57.0 Å². The lowest BCUT2D eigenvalue weighted by molar-refractivity contribution is -0.135. The number of piperidine rings is 3. The second-order valence-corrected chi connectivity index (χ2v) is 15.5. The number of rotatable bonds is 8. The molecule has 11 nitrogen and oxygen atoms in total. The molecule has 0 radical (unpaired) electrons. The second-order valence-electron chi connectivity index (χ2n) is 13.8. The van der Waals surface area contributed by atoms with Gasteiger partial charge >= 0.3 is 11.7 Å². The number of nitrogens with one attached hydrogen (secondary N) is 2. The minimum absolute atomic E-state index is 0.0347. The third-order valence-corrected chi connectivity index (χ3v) is 12.1. The zero-order valence-electron chi connectivity index (χ0n) is 28.3. The molecule has 3 fully saturated rings. The van der Waals surface area contributed by atoms with Crippen LogP contribution < -0.4 is 21.5 Å². The van der Waals surface area contributed by atoms with E-state index in [9.17, 15) is 14.4 Å². The summed E-state index contributed by atoms with van der Waals surface area (Å²) in [6, 6.07) is 10.4. The van der Waals surface area contributed by atoms with Gasteiger partial charge in [-0.3, -0.25) is 9.36 Å². The summed E-state index contributed by atoms with van der Waals surface area (Å²) < 4.78 is 8.48. The highest BCUT2D eigenvalue weighted by Gasteiger charge is 2.34. The lowest BCUT2D eigenvalue weighted by Gasteiger charge is -2.40. The molecule has 3 aliphatic heterocycles. The molecule has 4 heterocycles. The number of aromatic nitrogens is 2. The number of urea groups is 1. The Bertz CT molecular complexity index is 1650. The van der Waals surface area contributed by atoms with E-state index in [1.165, 1.54) is 12.8 Å². The number of halogens is 2. The number of amides is 3. The van der Waals surface area contributed by atoms with E-state index in [4.69, 9.17) is 10.5 Å². The summed E-state index contributed by atoms with van der Waals surface area (Å²) in [4.78, 5) is 49.8. The number of methoxy groups -OCH3 is 1. The zero-order valence-corrected chi connectivity index (χ0v) is 31.5. The molecule has 0 bridgehead atoms. The van der Waals surface area contributed by atoms with Gasteiger partial charge in [0.15, 0.2) is 0 Å². The highest BCUT2D eigenvalue weighted by Crippen LogP contribution is 2.33. The van der Waals surface area contributed by atoms with Crippen LogP contribution in [0.3, 0.4) is 0 Å². The maximum atomic E-state index is 14.1. The average Bonchev–Trinajstić information content (AvgIpc) is 3.51. The molecular formula is C36H47Br2N7O4. The van der Waals surface area contributed by atoms with Gasteiger partial charge in [-0.1, -0.05) is 0 Å². The van der Waals surface area contributed by atoms with Crippen molar-refractivity contribution in [1.82, 2.24) is 29.6 Å². The van der Waals surface area contributed by atoms with Crippen molar-refractivity contribution < 1.29 is 14.3 Å². The largest absolute Gasteiger partial charge is 0.497 e. The number of nitrogen functional groups attached to an aromatic ring is 1. The lowest BCUT2D eigenvalue weighted by atomic mass is 9.79. The number of anilines is 1. The first-order chi connectivity index (χ1) is 23.6. The molecule has 3 saturated heterocycles. The molecule has 0 saturated carbocycles. The number of ether oxygens (including phenoxy) is 1. The van der Waals surface area contributed by atoms with E-state index in [0.717, 1.165) is 63.4 Å².